The Morgan fingerprint density at radius 2 is 2.03 bits per heavy atom. The third-order valence-corrected chi connectivity index (χ3v) is 9.21. The molecule has 1 fully saturated rings. The number of esters is 1. The molecular formula is C24H26B2INO5S. The number of fused-ring (bicyclic) bond motifs is 2. The minimum absolute atomic E-state index is 0.126. The predicted molar refractivity (Wildman–Crippen MR) is 145 cm³/mol. The van der Waals surface area contributed by atoms with Crippen LogP contribution in [0.4, 0.5) is 0 Å². The first-order valence-corrected chi connectivity index (χ1v) is 13.8. The van der Waals surface area contributed by atoms with Crippen molar-refractivity contribution in [2.45, 2.75) is 44.4 Å². The van der Waals surface area contributed by atoms with Crippen molar-refractivity contribution >= 4 is 56.1 Å². The molecule has 0 spiro atoms. The maximum atomic E-state index is 12.2. The molecule has 1 saturated heterocycles. The molecule has 0 amide bonds. The summed E-state index contributed by atoms with van der Waals surface area (Å²) >= 11 is 3.71. The van der Waals surface area contributed by atoms with E-state index in [1.165, 1.54) is 11.1 Å². The van der Waals surface area contributed by atoms with Crippen LogP contribution in [0.5, 0.6) is 5.75 Å². The highest BCUT2D eigenvalue weighted by Gasteiger charge is 2.48. The first-order valence-electron chi connectivity index (χ1n) is 11.6. The number of nitrogens with zero attached hydrogens (tertiary/aromatic N) is 1. The number of hydrogen-bond donors (Lipinski definition) is 0. The van der Waals surface area contributed by atoms with Crippen LogP contribution >= 0.6 is 33.8 Å². The first-order chi connectivity index (χ1) is 16.6. The van der Waals surface area contributed by atoms with E-state index in [2.05, 4.69) is 33.5 Å². The van der Waals surface area contributed by atoms with Crippen molar-refractivity contribution in [3.63, 3.8) is 0 Å². The second-order valence-corrected chi connectivity index (χ2v) is 12.2. The molecule has 176 valence electrons. The van der Waals surface area contributed by atoms with E-state index >= 15 is 0 Å². The highest BCUT2D eigenvalue weighted by atomic mass is 127. The second-order valence-electron chi connectivity index (χ2n) is 8.88. The number of ether oxygens (including phenoxy) is 2. The summed E-state index contributed by atoms with van der Waals surface area (Å²) in [6.07, 6.45) is 5.20. The highest BCUT2D eigenvalue weighted by Crippen LogP contribution is 2.54. The van der Waals surface area contributed by atoms with Crippen LogP contribution in [0.1, 0.15) is 29.5 Å². The molecule has 2 aromatic carbocycles. The van der Waals surface area contributed by atoms with Crippen LogP contribution in [0.15, 0.2) is 53.6 Å². The van der Waals surface area contributed by atoms with Gasteiger partial charge < -0.3 is 14.3 Å². The van der Waals surface area contributed by atoms with Gasteiger partial charge in [-0.2, -0.15) is 4.91 Å². The van der Waals surface area contributed by atoms with Crippen LogP contribution in [-0.2, 0) is 33.8 Å². The number of halogens is 1. The smallest absolute Gasteiger partial charge is 0.459 e. The molecule has 2 aromatic rings. The predicted octanol–water partition coefficient (Wildman–Crippen LogP) is 5.41. The topological polar surface area (TPSA) is 82.0 Å². The van der Waals surface area contributed by atoms with Crippen molar-refractivity contribution in [2.24, 2.45) is 16.9 Å². The van der Waals surface area contributed by atoms with E-state index in [4.69, 9.17) is 9.47 Å². The zero-order valence-electron chi connectivity index (χ0n) is 18.8. The van der Waals surface area contributed by atoms with Crippen LogP contribution in [-0.4, -0.2) is 28.8 Å². The average molecular weight is 589 g/mol. The molecule has 1 heterocycles. The minimum atomic E-state index is -0.393. The van der Waals surface area contributed by atoms with Gasteiger partial charge in [-0.25, -0.2) is 16.3 Å². The van der Waals surface area contributed by atoms with Crippen molar-refractivity contribution in [1.82, 2.24) is 0 Å². The number of carbonyl (C=O) groups excluding carboxylic acids is 2. The number of carbonyl (C=O) groups is 2. The third kappa shape index (κ3) is 6.24. The summed E-state index contributed by atoms with van der Waals surface area (Å²) in [4.78, 5) is 34.3. The van der Waals surface area contributed by atoms with Gasteiger partial charge in [0.1, 0.15) is 18.6 Å². The van der Waals surface area contributed by atoms with Crippen LogP contribution < -0.4 is 4.74 Å². The van der Waals surface area contributed by atoms with Crippen molar-refractivity contribution in [3.05, 3.63) is 70.1 Å². The van der Waals surface area contributed by atoms with Gasteiger partial charge in [-0.3, -0.25) is 0 Å². The molecule has 0 aromatic heterocycles. The van der Waals surface area contributed by atoms with E-state index in [0.717, 1.165) is 43.2 Å². The zero-order valence-corrected chi connectivity index (χ0v) is 21.8. The monoisotopic (exact) mass is 589 g/mol. The molecule has 3 atom stereocenters. The third-order valence-electron chi connectivity index (χ3n) is 6.90. The standard InChI is InChI=1S/C24H26B2INO5S/c27-26(28-31)34-25-14-19-13-21-18(12-20(19)22(25)9-5-11-29)8-4-10-23(21)32-16-24(30)33-15-17-6-2-1-3-7-17/h1-4,6-8,10-11,19-20,22H,5,9,12-16H2. The van der Waals surface area contributed by atoms with Gasteiger partial charge in [0, 0.05) is 6.42 Å². The summed E-state index contributed by atoms with van der Waals surface area (Å²) in [6, 6.07) is 15.6. The van der Waals surface area contributed by atoms with Gasteiger partial charge in [-0.15, -0.1) is 5.09 Å². The first kappa shape index (κ1) is 25.3. The number of rotatable bonds is 11. The van der Waals surface area contributed by atoms with E-state index in [9.17, 15) is 14.5 Å². The molecule has 10 heteroatoms. The molecule has 4 rings (SSSR count). The summed E-state index contributed by atoms with van der Waals surface area (Å²) in [6.45, 7) is 0.105. The molecule has 2 aliphatic rings. The van der Waals surface area contributed by atoms with Gasteiger partial charge in [0.25, 0.3) is 0 Å². The summed E-state index contributed by atoms with van der Waals surface area (Å²) in [5, 5.41) is 3.18. The van der Waals surface area contributed by atoms with Crippen LogP contribution in [0.2, 0.25) is 12.1 Å². The van der Waals surface area contributed by atoms with Gasteiger partial charge >= 0.3 is 9.95 Å². The lowest BCUT2D eigenvalue weighted by atomic mass is 9.60. The quantitative estimate of drug-likeness (QED) is 0.115. The molecule has 1 aliphatic carbocycles. The number of benzene rings is 2. The summed E-state index contributed by atoms with van der Waals surface area (Å²) in [7, 11) is 0. The van der Waals surface area contributed by atoms with E-state index in [1.54, 1.807) is 11.5 Å². The second kappa shape index (κ2) is 12.2. The number of nitroso groups, excluding NO2 is 1. The fourth-order valence-corrected chi connectivity index (χ4v) is 7.78. The molecular weight excluding hydrogens is 563 g/mol. The Kier molecular flexibility index (Phi) is 9.10. The van der Waals surface area contributed by atoms with Crippen molar-refractivity contribution in [3.8, 4) is 5.75 Å². The lowest BCUT2D eigenvalue weighted by Crippen LogP contribution is -2.25. The normalized spacial score (nSPS) is 20.7. The van der Waals surface area contributed by atoms with E-state index in [0.29, 0.717) is 30.1 Å². The van der Waals surface area contributed by atoms with Crippen molar-refractivity contribution in [1.29, 1.82) is 0 Å². The van der Waals surface area contributed by atoms with Crippen LogP contribution in [0.3, 0.4) is 0 Å². The Morgan fingerprint density at radius 3 is 2.79 bits per heavy atom. The lowest BCUT2D eigenvalue weighted by molar-refractivity contribution is -0.147. The van der Waals surface area contributed by atoms with E-state index in [-0.39, 0.29) is 17.2 Å². The van der Waals surface area contributed by atoms with Crippen LogP contribution in [0, 0.1) is 16.7 Å². The van der Waals surface area contributed by atoms with Gasteiger partial charge in [-0.1, -0.05) is 71.2 Å². The Labute approximate surface area is 218 Å². The lowest BCUT2D eigenvalue weighted by Gasteiger charge is -2.32. The molecule has 0 N–H and O–H groups in total. The molecule has 3 unspecified atom stereocenters. The maximum absolute atomic E-state index is 12.2. The van der Waals surface area contributed by atoms with Gasteiger partial charge in [0.05, 0.1) is 0 Å². The Balaban J connectivity index is 1.41. The van der Waals surface area contributed by atoms with Gasteiger partial charge in [-0.05, 0) is 59.7 Å². The van der Waals surface area contributed by atoms with E-state index in [1.807, 2.05) is 42.5 Å². The summed E-state index contributed by atoms with van der Waals surface area (Å²) in [5.74, 6) is 2.01. The zero-order chi connectivity index (χ0) is 23.9. The fraction of sp³-hybridized carbons (Fsp3) is 0.417. The largest absolute Gasteiger partial charge is 0.482 e. The molecule has 0 saturated carbocycles. The Bertz CT molecular complexity index is 1010. The number of hydrogen-bond acceptors (Lipinski definition) is 7. The van der Waals surface area contributed by atoms with Crippen LogP contribution in [0.25, 0.3) is 0 Å². The number of aldehydes is 1. The van der Waals surface area contributed by atoms with Gasteiger partial charge in [0.2, 0.25) is 5.99 Å². The Hall–Kier alpha value is -1.81. The average Bonchev–Trinajstić information content (AvgIpc) is 3.19. The molecule has 6 nitrogen and oxygen atoms in total. The van der Waals surface area contributed by atoms with Gasteiger partial charge in [0.15, 0.2) is 6.61 Å². The van der Waals surface area contributed by atoms with Crippen molar-refractivity contribution < 1.29 is 19.1 Å². The molecule has 1 aliphatic heterocycles. The summed E-state index contributed by atoms with van der Waals surface area (Å²) < 4.78 is 11.0. The fourth-order valence-electron chi connectivity index (χ4n) is 5.41. The highest BCUT2D eigenvalue weighted by molar-refractivity contribution is 14.1. The summed E-state index contributed by atoms with van der Waals surface area (Å²) in [5.41, 5.74) is 3.35. The molecule has 0 bridgehead atoms. The maximum Gasteiger partial charge on any atom is 0.459 e. The minimum Gasteiger partial charge on any atom is -0.482 e. The molecule has 34 heavy (non-hydrogen) atoms. The van der Waals surface area contributed by atoms with E-state index < -0.39 is 5.97 Å². The molecule has 0 radical (unpaired) electrons. The van der Waals surface area contributed by atoms with Crippen molar-refractivity contribution in [2.75, 3.05) is 6.61 Å². The SMILES string of the molecule is O=CCCC1B(SB(I)N=O)CC2Cc3c(cccc3OCC(=O)OCc3ccccc3)CC21. The Morgan fingerprint density at radius 1 is 1.21 bits per heavy atom.